The monoisotopic (exact) mass is 1120 g/mol. The van der Waals surface area contributed by atoms with E-state index in [9.17, 15) is 52.7 Å². The number of hydrogen-bond donors (Lipinski definition) is 1. The molecule has 2 unspecified atom stereocenters. The van der Waals surface area contributed by atoms with Gasteiger partial charge in [-0.1, -0.05) is 53.7 Å². The first kappa shape index (κ1) is 62.2. The Morgan fingerprint density at radius 3 is 1.15 bits per heavy atom. The molecule has 0 aliphatic rings. The molecule has 0 bridgehead atoms. The Kier molecular flexibility index (Phi) is 22.2. The number of aromatic amines is 1. The molecule has 1 aromatic heterocycles. The van der Waals surface area contributed by atoms with Crippen molar-refractivity contribution in [3.05, 3.63) is 131 Å². The van der Waals surface area contributed by atoms with Crippen LogP contribution in [-0.2, 0) is 68.4 Å². The Morgan fingerprint density at radius 2 is 0.765 bits per heavy atom. The van der Waals surface area contributed by atoms with Crippen LogP contribution in [0.15, 0.2) is 103 Å². The fourth-order valence-electron chi connectivity index (χ4n) is 7.30. The minimum absolute atomic E-state index is 0.00781. The van der Waals surface area contributed by atoms with Crippen molar-refractivity contribution >= 4 is 65.5 Å². The number of aromatic nitrogens is 3. The highest BCUT2D eigenvalue weighted by molar-refractivity contribution is 6.00. The van der Waals surface area contributed by atoms with Crippen LogP contribution in [0, 0.1) is 16.2 Å². The first-order valence-corrected chi connectivity index (χ1v) is 24.9. The molecule has 0 saturated carbocycles. The van der Waals surface area contributed by atoms with Gasteiger partial charge < -0.3 is 47.4 Å². The third-order valence-corrected chi connectivity index (χ3v) is 11.8. The number of nitrogens with zero attached hydrogens (tertiary/aromatic N) is 2. The van der Waals surface area contributed by atoms with Crippen LogP contribution in [0.4, 0.5) is 0 Å². The minimum Gasteiger partial charge on any atom is -0.465 e. The summed E-state index contributed by atoms with van der Waals surface area (Å²) in [5, 5.41) is 10.1. The Balaban J connectivity index is 1.45. The van der Waals surface area contributed by atoms with Gasteiger partial charge in [-0.25, -0.2) is 14.4 Å². The van der Waals surface area contributed by atoms with Crippen molar-refractivity contribution < 1.29 is 100 Å². The molecule has 24 nitrogen and oxygen atoms in total. The molecule has 0 spiro atoms. The summed E-state index contributed by atoms with van der Waals surface area (Å²) in [6, 6.07) is 22.6. The van der Waals surface area contributed by atoms with E-state index in [1.54, 1.807) is 0 Å². The van der Waals surface area contributed by atoms with Crippen molar-refractivity contribution in [3.8, 4) is 23.0 Å². The maximum Gasteiger partial charge on any atom is 0.341 e. The van der Waals surface area contributed by atoms with Crippen LogP contribution >= 0.6 is 0 Å². The van der Waals surface area contributed by atoms with Gasteiger partial charge >= 0.3 is 59.7 Å². The predicted octanol–water partition coefficient (Wildman–Crippen LogP) is 6.32. The standard InChI is InChI=1S/C57H59N3O21/c1-35(61)78-45-22-12-8-18-40(45)44(65)26-27-55(5,30-73-49(66)41-19-9-13-23-46(41)79-36(2)62)52(69)76-33-57(7,53(70)72-28-16-17-39-29-58-60-59-39)34-77-54(71)56(6,31-74-50(67)42-20-10-14-24-47(42)80-37(3)63)32-75-51(68)43-21-11-15-25-48(43)81-38(4)64/h8-15,18-25,29H,16-17,26-28,30-34H2,1-7H3,(H,58,59,60). The van der Waals surface area contributed by atoms with E-state index in [0.29, 0.717) is 12.1 Å². The number of carbonyl (C=O) groups excluding carboxylic acids is 11. The third-order valence-electron chi connectivity index (χ3n) is 11.8. The number of esters is 10. The molecule has 0 radical (unpaired) electrons. The highest BCUT2D eigenvalue weighted by Crippen LogP contribution is 2.33. The summed E-state index contributed by atoms with van der Waals surface area (Å²) in [6.45, 7) is 3.69. The number of rotatable bonds is 28. The summed E-state index contributed by atoms with van der Waals surface area (Å²) in [5.41, 5.74) is -6.21. The number of H-pyrrole nitrogens is 1. The number of carbonyl (C=O) groups is 11. The third kappa shape index (κ3) is 18.2. The van der Waals surface area contributed by atoms with E-state index in [-0.39, 0.29) is 64.7 Å². The average Bonchev–Trinajstić information content (AvgIpc) is 4.00. The van der Waals surface area contributed by atoms with Gasteiger partial charge in [0.05, 0.1) is 23.3 Å². The Morgan fingerprint density at radius 1 is 0.432 bits per heavy atom. The van der Waals surface area contributed by atoms with Crippen LogP contribution in [-0.4, -0.2) is 121 Å². The lowest BCUT2D eigenvalue weighted by molar-refractivity contribution is -0.178. The number of benzene rings is 4. The predicted molar refractivity (Wildman–Crippen MR) is 277 cm³/mol. The Hall–Kier alpha value is -9.61. The SMILES string of the molecule is CC(=O)Oc1ccccc1C(=O)CCC(C)(COC(=O)c1ccccc1OC(C)=O)C(=O)OCC(C)(COC(=O)C(C)(COC(=O)c1ccccc1OC(C)=O)COC(=O)c1ccccc1OC(C)=O)C(=O)OCCCc1c[nH]nn1. The summed E-state index contributed by atoms with van der Waals surface area (Å²) >= 11 is 0. The summed E-state index contributed by atoms with van der Waals surface area (Å²) in [6.07, 6.45) is 1.26. The molecule has 5 rings (SSSR count). The number of para-hydroxylation sites is 4. The summed E-state index contributed by atoms with van der Waals surface area (Å²) < 4.78 is 54.7. The number of hydrogen-bond acceptors (Lipinski definition) is 23. The van der Waals surface area contributed by atoms with Crippen molar-refractivity contribution in [2.45, 2.75) is 74.1 Å². The minimum atomic E-state index is -2.12. The normalized spacial score (nSPS) is 12.4. The van der Waals surface area contributed by atoms with E-state index in [4.69, 9.17) is 47.4 Å². The van der Waals surface area contributed by atoms with E-state index < -0.39 is 121 Å². The summed E-state index contributed by atoms with van der Waals surface area (Å²) in [7, 11) is 0. The molecule has 0 aliphatic heterocycles. The van der Waals surface area contributed by atoms with E-state index in [1.807, 2.05) is 0 Å². The second-order valence-electron chi connectivity index (χ2n) is 19.0. The Labute approximate surface area is 463 Å². The molecule has 0 amide bonds. The number of ether oxygens (including phenoxy) is 10. The second kappa shape index (κ2) is 28.8. The topological polar surface area (TPSA) is 322 Å². The van der Waals surface area contributed by atoms with Gasteiger partial charge in [-0.3, -0.25) is 43.5 Å². The van der Waals surface area contributed by atoms with Crippen LogP contribution < -0.4 is 18.9 Å². The molecule has 5 aromatic rings. The van der Waals surface area contributed by atoms with Crippen LogP contribution in [0.5, 0.6) is 23.0 Å². The van der Waals surface area contributed by atoms with Crippen molar-refractivity contribution in [3.63, 3.8) is 0 Å². The van der Waals surface area contributed by atoms with Crippen molar-refractivity contribution in [1.82, 2.24) is 15.4 Å². The van der Waals surface area contributed by atoms with Crippen LogP contribution in [0.25, 0.3) is 0 Å². The van der Waals surface area contributed by atoms with Crippen LogP contribution in [0.1, 0.15) is 115 Å². The van der Waals surface area contributed by atoms with Crippen LogP contribution in [0.2, 0.25) is 0 Å². The lowest BCUT2D eigenvalue weighted by Gasteiger charge is -2.32. The highest BCUT2D eigenvalue weighted by Gasteiger charge is 2.46. The molecule has 0 saturated heterocycles. The van der Waals surface area contributed by atoms with Gasteiger partial charge in [0.25, 0.3) is 0 Å². The molecule has 24 heteroatoms. The molecule has 2 atom stereocenters. The van der Waals surface area contributed by atoms with Crippen molar-refractivity contribution in [2.75, 3.05) is 39.6 Å². The molecular weight excluding hydrogens is 1060 g/mol. The molecular formula is C57H59N3O21. The number of nitrogens with one attached hydrogen (secondary N) is 1. The van der Waals surface area contributed by atoms with E-state index in [0.717, 1.165) is 27.7 Å². The van der Waals surface area contributed by atoms with Gasteiger partial charge in [-0.15, -0.1) is 5.10 Å². The molecule has 428 valence electrons. The average molecular weight is 1120 g/mol. The maximum atomic E-state index is 14.6. The van der Waals surface area contributed by atoms with E-state index in [2.05, 4.69) is 15.4 Å². The fourth-order valence-corrected chi connectivity index (χ4v) is 7.30. The van der Waals surface area contributed by atoms with E-state index >= 15 is 0 Å². The van der Waals surface area contributed by atoms with Gasteiger partial charge in [0.2, 0.25) is 0 Å². The number of aryl methyl sites for hydroxylation is 1. The number of Topliss-reactive ketones (excluding diaryl/α,β-unsaturated/α-hetero) is 1. The zero-order valence-electron chi connectivity index (χ0n) is 45.4. The molecule has 0 fully saturated rings. The molecule has 1 heterocycles. The molecule has 81 heavy (non-hydrogen) atoms. The second-order valence-corrected chi connectivity index (χ2v) is 19.0. The molecule has 4 aromatic carbocycles. The molecule has 1 N–H and O–H groups in total. The van der Waals surface area contributed by atoms with Crippen LogP contribution in [0.3, 0.4) is 0 Å². The first-order valence-electron chi connectivity index (χ1n) is 24.9. The molecule has 0 aliphatic carbocycles. The fraction of sp³-hybridized carbons (Fsp3) is 0.351. The van der Waals surface area contributed by atoms with Gasteiger partial charge in [0.1, 0.15) is 83.6 Å². The van der Waals surface area contributed by atoms with Gasteiger partial charge in [-0.05, 0) is 88.6 Å². The highest BCUT2D eigenvalue weighted by atomic mass is 16.6. The Bertz CT molecular complexity index is 2800. The van der Waals surface area contributed by atoms with Gasteiger partial charge in [0.15, 0.2) is 5.78 Å². The summed E-state index contributed by atoms with van der Waals surface area (Å²) in [4.78, 5) is 145. The zero-order chi connectivity index (χ0) is 59.3. The van der Waals surface area contributed by atoms with Gasteiger partial charge in [-0.2, -0.15) is 0 Å². The largest absolute Gasteiger partial charge is 0.465 e. The maximum absolute atomic E-state index is 14.6. The quantitative estimate of drug-likeness (QED) is 0.0188. The number of ketones is 1. The van der Waals surface area contributed by atoms with Crippen molar-refractivity contribution in [1.29, 1.82) is 0 Å². The summed E-state index contributed by atoms with van der Waals surface area (Å²) in [5.74, 6) is -10.7. The lowest BCUT2D eigenvalue weighted by Crippen LogP contribution is -2.46. The zero-order valence-corrected chi connectivity index (χ0v) is 45.4. The first-order chi connectivity index (χ1) is 38.4. The van der Waals surface area contributed by atoms with E-state index in [1.165, 1.54) is 124 Å². The van der Waals surface area contributed by atoms with Crippen molar-refractivity contribution in [2.24, 2.45) is 16.2 Å². The smallest absolute Gasteiger partial charge is 0.341 e. The van der Waals surface area contributed by atoms with Gasteiger partial charge in [0, 0.05) is 40.3 Å². The lowest BCUT2D eigenvalue weighted by atomic mass is 9.84.